The number of hydrogen-bond donors (Lipinski definition) is 1. The molecule has 3 aromatic rings. The summed E-state index contributed by atoms with van der Waals surface area (Å²) < 4.78 is 10.2. The Morgan fingerprint density at radius 3 is 2.55 bits per heavy atom. The fourth-order valence-corrected chi connectivity index (χ4v) is 3.29. The number of ketones is 1. The number of aryl methyl sites for hydroxylation is 1. The molecule has 0 radical (unpaired) electrons. The van der Waals surface area contributed by atoms with E-state index in [2.05, 4.69) is 10.1 Å². The first-order valence-electron chi connectivity index (χ1n) is 8.80. The molecule has 4 rings (SSSR count). The normalized spacial score (nSPS) is 18.3. The van der Waals surface area contributed by atoms with Gasteiger partial charge in [-0.15, -0.1) is 0 Å². The minimum absolute atomic E-state index is 0.0474. The summed E-state index contributed by atoms with van der Waals surface area (Å²) in [6.45, 7) is 1.68. The fourth-order valence-electron chi connectivity index (χ4n) is 3.29. The number of carbonyl (C=O) groups excluding carboxylic acids is 2. The second-order valence-corrected chi connectivity index (χ2v) is 6.48. The maximum absolute atomic E-state index is 12.9. The highest BCUT2D eigenvalue weighted by Crippen LogP contribution is 2.41. The van der Waals surface area contributed by atoms with E-state index in [9.17, 15) is 14.7 Å². The lowest BCUT2D eigenvalue weighted by molar-refractivity contribution is -0.132. The minimum Gasteiger partial charge on any atom is -0.507 e. The molecule has 29 heavy (non-hydrogen) atoms. The quantitative estimate of drug-likeness (QED) is 0.414. The van der Waals surface area contributed by atoms with E-state index < -0.39 is 17.7 Å². The van der Waals surface area contributed by atoms with Gasteiger partial charge in [-0.2, -0.15) is 0 Å². The van der Waals surface area contributed by atoms with Crippen LogP contribution in [-0.2, 0) is 9.59 Å². The summed E-state index contributed by atoms with van der Waals surface area (Å²) >= 11 is 0. The molecule has 1 aliphatic rings. The number of rotatable bonds is 4. The zero-order chi connectivity index (χ0) is 20.5. The van der Waals surface area contributed by atoms with Gasteiger partial charge < -0.3 is 14.4 Å². The summed E-state index contributed by atoms with van der Waals surface area (Å²) in [5.41, 5.74) is 0.894. The molecule has 0 unspecified atom stereocenters. The van der Waals surface area contributed by atoms with E-state index in [-0.39, 0.29) is 17.2 Å². The van der Waals surface area contributed by atoms with E-state index in [1.165, 1.54) is 18.2 Å². The molecule has 1 fully saturated rings. The molecule has 0 bridgehead atoms. The van der Waals surface area contributed by atoms with Gasteiger partial charge in [-0.3, -0.25) is 19.5 Å². The van der Waals surface area contributed by atoms with Crippen molar-refractivity contribution in [3.63, 3.8) is 0 Å². The van der Waals surface area contributed by atoms with Gasteiger partial charge in [0.2, 0.25) is 0 Å². The van der Waals surface area contributed by atoms with Crippen LogP contribution in [-0.4, -0.2) is 34.0 Å². The molecule has 1 aromatic carbocycles. The molecule has 1 atom stereocenters. The topological polar surface area (TPSA) is 106 Å². The second kappa shape index (κ2) is 7.23. The molecule has 8 heteroatoms. The van der Waals surface area contributed by atoms with Gasteiger partial charge in [0.15, 0.2) is 5.82 Å². The van der Waals surface area contributed by atoms with Crippen molar-refractivity contribution in [3.05, 3.63) is 77.3 Å². The molecule has 2 aromatic heterocycles. The largest absolute Gasteiger partial charge is 0.507 e. The third kappa shape index (κ3) is 3.14. The Morgan fingerprint density at radius 1 is 1.21 bits per heavy atom. The summed E-state index contributed by atoms with van der Waals surface area (Å²) in [5, 5.41) is 14.8. The van der Waals surface area contributed by atoms with E-state index in [4.69, 9.17) is 9.26 Å². The van der Waals surface area contributed by atoms with Gasteiger partial charge in [-0.05, 0) is 42.8 Å². The van der Waals surface area contributed by atoms with Gasteiger partial charge in [0.1, 0.15) is 17.3 Å². The number of pyridine rings is 1. The van der Waals surface area contributed by atoms with Crippen LogP contribution in [0.2, 0.25) is 0 Å². The molecule has 1 saturated heterocycles. The summed E-state index contributed by atoms with van der Waals surface area (Å²) in [6.07, 6.45) is 3.12. The standard InChI is InChI=1S/C21H17N3O5/c1-12-10-16(23-29-12)24-18(14-4-3-9-22-11-14)17(20(26)21(24)27)19(25)13-5-7-15(28-2)8-6-13/h3-11,18,25H,1-2H3/b19-17+/t18-/m1/s1. The van der Waals surface area contributed by atoms with Crippen LogP contribution in [0.15, 0.2) is 65.0 Å². The number of Topliss-reactive ketones (excluding diaryl/α,β-unsaturated/α-hetero) is 1. The van der Waals surface area contributed by atoms with Gasteiger partial charge in [0.25, 0.3) is 5.78 Å². The van der Waals surface area contributed by atoms with E-state index in [1.807, 2.05) is 0 Å². The predicted molar refractivity (Wildman–Crippen MR) is 103 cm³/mol. The van der Waals surface area contributed by atoms with E-state index >= 15 is 0 Å². The van der Waals surface area contributed by atoms with Crippen molar-refractivity contribution < 1.29 is 24.0 Å². The van der Waals surface area contributed by atoms with Crippen molar-refractivity contribution in [2.75, 3.05) is 12.0 Å². The molecule has 8 nitrogen and oxygen atoms in total. The molecule has 0 aliphatic carbocycles. The van der Waals surface area contributed by atoms with Crippen molar-refractivity contribution >= 4 is 23.3 Å². The highest BCUT2D eigenvalue weighted by atomic mass is 16.5. The van der Waals surface area contributed by atoms with Gasteiger partial charge in [0.05, 0.1) is 18.7 Å². The number of anilines is 1. The minimum atomic E-state index is -0.893. The van der Waals surface area contributed by atoms with Gasteiger partial charge in [0, 0.05) is 24.0 Å². The zero-order valence-corrected chi connectivity index (χ0v) is 15.7. The molecule has 146 valence electrons. The average Bonchev–Trinajstić information content (AvgIpc) is 3.29. The Hall–Kier alpha value is -3.94. The highest BCUT2D eigenvalue weighted by Gasteiger charge is 2.48. The molecule has 1 N–H and O–H groups in total. The number of aliphatic hydroxyl groups is 1. The number of ether oxygens (including phenoxy) is 1. The van der Waals surface area contributed by atoms with Crippen LogP contribution in [0.5, 0.6) is 5.75 Å². The number of aliphatic hydroxyl groups excluding tert-OH is 1. The Balaban J connectivity index is 1.90. The first kappa shape index (κ1) is 18.4. The summed E-state index contributed by atoms with van der Waals surface area (Å²) in [7, 11) is 1.53. The number of amides is 1. The number of methoxy groups -OCH3 is 1. The second-order valence-electron chi connectivity index (χ2n) is 6.48. The smallest absolute Gasteiger partial charge is 0.301 e. The van der Waals surface area contributed by atoms with Crippen molar-refractivity contribution in [2.24, 2.45) is 0 Å². The molecule has 1 aliphatic heterocycles. The van der Waals surface area contributed by atoms with Gasteiger partial charge >= 0.3 is 5.91 Å². The number of hydrogen-bond acceptors (Lipinski definition) is 7. The number of nitrogens with zero attached hydrogens (tertiary/aromatic N) is 3. The molecule has 3 heterocycles. The Morgan fingerprint density at radius 2 is 1.97 bits per heavy atom. The third-order valence-electron chi connectivity index (χ3n) is 4.67. The van der Waals surface area contributed by atoms with E-state index in [0.717, 1.165) is 0 Å². The Labute approximate surface area is 166 Å². The molecule has 0 spiro atoms. The summed E-state index contributed by atoms with van der Waals surface area (Å²) in [6, 6.07) is 10.6. The maximum Gasteiger partial charge on any atom is 0.301 e. The van der Waals surface area contributed by atoms with Crippen molar-refractivity contribution in [1.29, 1.82) is 0 Å². The molecular weight excluding hydrogens is 374 g/mol. The first-order chi connectivity index (χ1) is 14.0. The van der Waals surface area contributed by atoms with Crippen molar-refractivity contribution in [3.8, 4) is 5.75 Å². The van der Waals surface area contributed by atoms with Gasteiger partial charge in [-0.25, -0.2) is 0 Å². The monoisotopic (exact) mass is 391 g/mol. The highest BCUT2D eigenvalue weighted by molar-refractivity contribution is 6.51. The van der Waals surface area contributed by atoms with E-state index in [1.54, 1.807) is 55.6 Å². The lowest BCUT2D eigenvalue weighted by Gasteiger charge is -2.22. The maximum atomic E-state index is 12.9. The number of carbonyl (C=O) groups is 2. The van der Waals surface area contributed by atoms with Crippen molar-refractivity contribution in [2.45, 2.75) is 13.0 Å². The lowest BCUT2D eigenvalue weighted by atomic mass is 9.96. The molecule has 0 saturated carbocycles. The van der Waals surface area contributed by atoms with Crippen LogP contribution in [0.25, 0.3) is 5.76 Å². The fraction of sp³-hybridized carbons (Fsp3) is 0.143. The van der Waals surface area contributed by atoms with Crippen LogP contribution < -0.4 is 9.64 Å². The zero-order valence-electron chi connectivity index (χ0n) is 15.7. The first-order valence-corrected chi connectivity index (χ1v) is 8.80. The van der Waals surface area contributed by atoms with Crippen LogP contribution in [0.1, 0.15) is 22.9 Å². The average molecular weight is 391 g/mol. The van der Waals surface area contributed by atoms with Crippen LogP contribution >= 0.6 is 0 Å². The Bertz CT molecular complexity index is 1100. The number of aromatic nitrogens is 2. The third-order valence-corrected chi connectivity index (χ3v) is 4.67. The van der Waals surface area contributed by atoms with Crippen molar-refractivity contribution in [1.82, 2.24) is 10.1 Å². The molecular formula is C21H17N3O5. The Kier molecular flexibility index (Phi) is 4.59. The molecule has 1 amide bonds. The van der Waals surface area contributed by atoms with E-state index in [0.29, 0.717) is 22.6 Å². The SMILES string of the molecule is COc1ccc(/C(O)=C2\C(=O)C(=O)N(c3cc(C)on3)[C@@H]2c2cccnc2)cc1. The van der Waals surface area contributed by atoms with Crippen LogP contribution in [0.4, 0.5) is 5.82 Å². The lowest BCUT2D eigenvalue weighted by Crippen LogP contribution is -2.29. The predicted octanol–water partition coefficient (Wildman–Crippen LogP) is 3.01. The number of benzene rings is 1. The summed E-state index contributed by atoms with van der Waals surface area (Å²) in [4.78, 5) is 31.1. The van der Waals surface area contributed by atoms with Crippen LogP contribution in [0.3, 0.4) is 0 Å². The van der Waals surface area contributed by atoms with Gasteiger partial charge in [-0.1, -0.05) is 11.2 Å². The van der Waals surface area contributed by atoms with Crippen LogP contribution in [0, 0.1) is 6.92 Å². The summed E-state index contributed by atoms with van der Waals surface area (Å²) in [5.74, 6) is -0.629.